The summed E-state index contributed by atoms with van der Waals surface area (Å²) in [7, 11) is 0. The van der Waals surface area contributed by atoms with Crippen molar-refractivity contribution in [2.24, 2.45) is 0 Å². The van der Waals surface area contributed by atoms with Crippen LogP contribution in [0.2, 0.25) is 0 Å². The van der Waals surface area contributed by atoms with Crippen molar-refractivity contribution in [2.75, 3.05) is 0 Å². The van der Waals surface area contributed by atoms with Gasteiger partial charge in [0.15, 0.2) is 0 Å². The van der Waals surface area contributed by atoms with Gasteiger partial charge in [-0.05, 0) is 26.7 Å². The van der Waals surface area contributed by atoms with E-state index < -0.39 is 17.4 Å². The number of ether oxygens (including phenoxy) is 1. The largest absolute Gasteiger partial charge is 0.454 e. The van der Waals surface area contributed by atoms with E-state index in [-0.39, 0.29) is 0 Å². The summed E-state index contributed by atoms with van der Waals surface area (Å²) >= 11 is 0. The predicted octanol–water partition coefficient (Wildman–Crippen LogP) is 3.16. The van der Waals surface area contributed by atoms with Crippen LogP contribution in [0.4, 0.5) is 0 Å². The van der Waals surface area contributed by atoms with Crippen LogP contribution >= 0.6 is 0 Å². The molecular weight excluding hydrogens is 228 g/mol. The Balaban J connectivity index is 2.66. The van der Waals surface area contributed by atoms with Crippen LogP contribution in [0.3, 0.4) is 0 Å². The summed E-state index contributed by atoms with van der Waals surface area (Å²) in [6.07, 6.45) is 3.14. The number of hydrogen-bond acceptors (Lipinski definition) is 3. The van der Waals surface area contributed by atoms with Crippen molar-refractivity contribution in [1.29, 1.82) is 0 Å². The Morgan fingerprint density at radius 2 is 1.89 bits per heavy atom. The zero-order valence-corrected chi connectivity index (χ0v) is 10.8. The summed E-state index contributed by atoms with van der Waals surface area (Å²) in [5, 5.41) is 0. The lowest BCUT2D eigenvalue weighted by Crippen LogP contribution is -2.31. The average Bonchev–Trinajstić information content (AvgIpc) is 2.36. The fourth-order valence-corrected chi connectivity index (χ4v) is 1.51. The molecule has 0 aliphatic rings. The van der Waals surface area contributed by atoms with Gasteiger partial charge in [-0.15, -0.1) is 6.58 Å². The Labute approximate surface area is 107 Å². The van der Waals surface area contributed by atoms with Crippen LogP contribution < -0.4 is 0 Å². The van der Waals surface area contributed by atoms with E-state index in [1.54, 1.807) is 50.3 Å². The molecule has 0 atom stereocenters. The lowest BCUT2D eigenvalue weighted by molar-refractivity contribution is -0.150. The van der Waals surface area contributed by atoms with E-state index in [4.69, 9.17) is 4.74 Å². The van der Waals surface area contributed by atoms with E-state index in [1.165, 1.54) is 0 Å². The molecule has 0 aromatic heterocycles. The number of carbonyl (C=O) groups is 2. The molecular formula is C15H18O3. The smallest absolute Gasteiger partial charge is 0.380 e. The van der Waals surface area contributed by atoms with E-state index >= 15 is 0 Å². The molecule has 0 heterocycles. The van der Waals surface area contributed by atoms with Gasteiger partial charge in [0.25, 0.3) is 5.78 Å². The standard InChI is InChI=1S/C15H18O3/c1-4-5-11-15(2,3)18-14(17)13(16)12-9-7-6-8-10-12/h4,6-10H,1,5,11H2,2-3H3. The number of allylic oxidation sites excluding steroid dienone is 1. The van der Waals surface area contributed by atoms with Crippen LogP contribution in [0, 0.1) is 0 Å². The zero-order valence-electron chi connectivity index (χ0n) is 10.8. The lowest BCUT2D eigenvalue weighted by Gasteiger charge is -2.24. The van der Waals surface area contributed by atoms with Gasteiger partial charge in [-0.3, -0.25) is 4.79 Å². The van der Waals surface area contributed by atoms with Crippen molar-refractivity contribution in [2.45, 2.75) is 32.3 Å². The van der Waals surface area contributed by atoms with Gasteiger partial charge >= 0.3 is 5.97 Å². The molecule has 0 spiro atoms. The quantitative estimate of drug-likeness (QED) is 0.335. The maximum atomic E-state index is 11.8. The molecule has 0 bridgehead atoms. The molecule has 0 N–H and O–H groups in total. The molecule has 3 nitrogen and oxygen atoms in total. The Morgan fingerprint density at radius 1 is 1.28 bits per heavy atom. The van der Waals surface area contributed by atoms with E-state index in [0.717, 1.165) is 6.42 Å². The summed E-state index contributed by atoms with van der Waals surface area (Å²) in [4.78, 5) is 23.5. The van der Waals surface area contributed by atoms with Gasteiger partial charge in [-0.1, -0.05) is 36.4 Å². The Hall–Kier alpha value is -1.90. The molecule has 18 heavy (non-hydrogen) atoms. The van der Waals surface area contributed by atoms with Crippen LogP contribution in [-0.4, -0.2) is 17.4 Å². The maximum absolute atomic E-state index is 11.8. The van der Waals surface area contributed by atoms with Gasteiger partial charge in [0, 0.05) is 5.56 Å². The number of carbonyl (C=O) groups excluding carboxylic acids is 2. The topological polar surface area (TPSA) is 43.4 Å². The average molecular weight is 246 g/mol. The molecule has 0 fully saturated rings. The van der Waals surface area contributed by atoms with Crippen LogP contribution in [-0.2, 0) is 9.53 Å². The van der Waals surface area contributed by atoms with Crippen molar-refractivity contribution >= 4 is 11.8 Å². The molecule has 0 saturated carbocycles. The van der Waals surface area contributed by atoms with Crippen LogP contribution in [0.1, 0.15) is 37.0 Å². The summed E-state index contributed by atoms with van der Waals surface area (Å²) in [6, 6.07) is 8.41. The van der Waals surface area contributed by atoms with Gasteiger partial charge in [-0.25, -0.2) is 4.79 Å². The van der Waals surface area contributed by atoms with Crippen LogP contribution in [0.15, 0.2) is 43.0 Å². The first-order valence-corrected chi connectivity index (χ1v) is 5.90. The van der Waals surface area contributed by atoms with Crippen molar-refractivity contribution in [3.05, 3.63) is 48.6 Å². The third-order valence-electron chi connectivity index (χ3n) is 2.54. The maximum Gasteiger partial charge on any atom is 0.380 e. The van der Waals surface area contributed by atoms with Gasteiger partial charge in [0.1, 0.15) is 5.60 Å². The monoisotopic (exact) mass is 246 g/mol. The molecule has 3 heteroatoms. The number of esters is 1. The SMILES string of the molecule is C=CCCC(C)(C)OC(=O)C(=O)c1ccccc1. The second kappa shape index (κ2) is 6.15. The van der Waals surface area contributed by atoms with Crippen molar-refractivity contribution in [3.63, 3.8) is 0 Å². The molecule has 0 radical (unpaired) electrons. The third kappa shape index (κ3) is 4.17. The van der Waals surface area contributed by atoms with Gasteiger partial charge in [-0.2, -0.15) is 0 Å². The Morgan fingerprint density at radius 3 is 2.44 bits per heavy atom. The molecule has 0 unspecified atom stereocenters. The second-order valence-electron chi connectivity index (χ2n) is 4.67. The Kier molecular flexibility index (Phi) is 4.84. The van der Waals surface area contributed by atoms with Crippen LogP contribution in [0.25, 0.3) is 0 Å². The second-order valence-corrected chi connectivity index (χ2v) is 4.67. The fraction of sp³-hybridized carbons (Fsp3) is 0.333. The molecule has 1 aromatic carbocycles. The fourth-order valence-electron chi connectivity index (χ4n) is 1.51. The number of ketones is 1. The van der Waals surface area contributed by atoms with E-state index in [9.17, 15) is 9.59 Å². The number of Topliss-reactive ketones (excluding diaryl/α,β-unsaturated/α-hetero) is 1. The zero-order chi connectivity index (χ0) is 13.6. The van der Waals surface area contributed by atoms with Crippen molar-refractivity contribution in [3.8, 4) is 0 Å². The van der Waals surface area contributed by atoms with Gasteiger partial charge < -0.3 is 4.74 Å². The minimum atomic E-state index is -0.810. The Bertz CT molecular complexity index is 432. The van der Waals surface area contributed by atoms with Crippen molar-refractivity contribution < 1.29 is 14.3 Å². The van der Waals surface area contributed by atoms with Crippen molar-refractivity contribution in [1.82, 2.24) is 0 Å². The first-order chi connectivity index (χ1) is 8.46. The highest BCUT2D eigenvalue weighted by Crippen LogP contribution is 2.18. The highest BCUT2D eigenvalue weighted by atomic mass is 16.6. The van der Waals surface area contributed by atoms with E-state index in [1.807, 2.05) is 0 Å². The molecule has 0 aliphatic heterocycles. The number of benzene rings is 1. The molecule has 0 saturated heterocycles. The van der Waals surface area contributed by atoms with E-state index in [0.29, 0.717) is 12.0 Å². The summed E-state index contributed by atoms with van der Waals surface area (Å²) in [5.41, 5.74) is -0.308. The first kappa shape index (κ1) is 14.2. The number of hydrogen-bond donors (Lipinski definition) is 0. The molecule has 96 valence electrons. The minimum Gasteiger partial charge on any atom is -0.454 e. The highest BCUT2D eigenvalue weighted by molar-refractivity contribution is 6.40. The third-order valence-corrected chi connectivity index (χ3v) is 2.54. The molecule has 0 aliphatic carbocycles. The van der Waals surface area contributed by atoms with Crippen LogP contribution in [0.5, 0.6) is 0 Å². The minimum absolute atomic E-state index is 0.349. The predicted molar refractivity (Wildman–Crippen MR) is 70.4 cm³/mol. The molecule has 1 aromatic rings. The number of rotatable bonds is 6. The van der Waals surface area contributed by atoms with Gasteiger partial charge in [0.2, 0.25) is 0 Å². The summed E-state index contributed by atoms with van der Waals surface area (Å²) in [6.45, 7) is 7.19. The molecule has 0 amide bonds. The van der Waals surface area contributed by atoms with Gasteiger partial charge in [0.05, 0.1) is 0 Å². The van der Waals surface area contributed by atoms with E-state index in [2.05, 4.69) is 6.58 Å². The highest BCUT2D eigenvalue weighted by Gasteiger charge is 2.26. The first-order valence-electron chi connectivity index (χ1n) is 5.90. The molecule has 1 rings (SSSR count). The summed E-state index contributed by atoms with van der Waals surface area (Å²) in [5.74, 6) is -1.42. The summed E-state index contributed by atoms with van der Waals surface area (Å²) < 4.78 is 5.22. The normalized spacial score (nSPS) is 10.8. The lowest BCUT2D eigenvalue weighted by atomic mass is 10.0.